The lowest BCUT2D eigenvalue weighted by Crippen LogP contribution is -2.41. The third-order valence-corrected chi connectivity index (χ3v) is 6.02. The molecule has 1 aromatic heterocycles. The van der Waals surface area contributed by atoms with Gasteiger partial charge in [0.1, 0.15) is 5.75 Å². The van der Waals surface area contributed by atoms with E-state index >= 15 is 0 Å². The van der Waals surface area contributed by atoms with Crippen molar-refractivity contribution in [2.24, 2.45) is 0 Å². The fraction of sp³-hybridized carbons (Fsp3) is 0.300. The van der Waals surface area contributed by atoms with Gasteiger partial charge in [0, 0.05) is 25.1 Å². The van der Waals surface area contributed by atoms with Crippen molar-refractivity contribution in [2.75, 3.05) is 19.7 Å². The lowest BCUT2D eigenvalue weighted by molar-refractivity contribution is -0.384. The zero-order chi connectivity index (χ0) is 19.5. The summed E-state index contributed by atoms with van der Waals surface area (Å²) in [5, 5.41) is 11.9. The summed E-state index contributed by atoms with van der Waals surface area (Å²) in [6, 6.07) is 13.9. The predicted octanol–water partition coefficient (Wildman–Crippen LogP) is 3.99. The van der Waals surface area contributed by atoms with Crippen LogP contribution >= 0.6 is 11.3 Å². The Morgan fingerprint density at radius 3 is 2.96 bits per heavy atom. The number of aromatic nitrogens is 1. The number of hydrogen-bond donors (Lipinski definition) is 0. The molecule has 1 fully saturated rings. The first-order chi connectivity index (χ1) is 13.6. The Labute approximate surface area is 165 Å². The van der Waals surface area contributed by atoms with Gasteiger partial charge in [-0.15, -0.1) is 11.3 Å². The first-order valence-corrected chi connectivity index (χ1v) is 9.92. The molecule has 1 saturated heterocycles. The number of benzene rings is 2. The Bertz CT molecular complexity index is 986. The van der Waals surface area contributed by atoms with Gasteiger partial charge >= 0.3 is 0 Å². The molecule has 0 unspecified atom stereocenters. The van der Waals surface area contributed by atoms with Gasteiger partial charge in [0.25, 0.3) is 11.6 Å². The summed E-state index contributed by atoms with van der Waals surface area (Å²) in [6.07, 6.45) is 1.93. The Hall–Kier alpha value is -3.00. The number of nitro benzene ring substituents is 1. The van der Waals surface area contributed by atoms with E-state index in [1.54, 1.807) is 28.4 Å². The van der Waals surface area contributed by atoms with E-state index in [1.807, 2.05) is 18.2 Å². The van der Waals surface area contributed by atoms with Crippen molar-refractivity contribution in [3.05, 3.63) is 63.7 Å². The normalized spacial score (nSPS) is 16.9. The highest BCUT2D eigenvalue weighted by atomic mass is 32.1. The summed E-state index contributed by atoms with van der Waals surface area (Å²) >= 11 is 1.69. The van der Waals surface area contributed by atoms with Crippen LogP contribution in [0.15, 0.2) is 48.5 Å². The minimum atomic E-state index is -0.484. The van der Waals surface area contributed by atoms with Crippen molar-refractivity contribution in [3.8, 4) is 5.75 Å². The molecule has 1 amide bonds. The minimum Gasteiger partial charge on any atom is -0.484 e. The van der Waals surface area contributed by atoms with Crippen molar-refractivity contribution >= 4 is 33.1 Å². The summed E-state index contributed by atoms with van der Waals surface area (Å²) in [4.78, 5) is 29.5. The zero-order valence-electron chi connectivity index (χ0n) is 15.1. The molecule has 0 radical (unpaired) electrons. The molecular formula is C20H19N3O4S. The van der Waals surface area contributed by atoms with Crippen molar-refractivity contribution < 1.29 is 14.5 Å². The number of piperidine rings is 1. The van der Waals surface area contributed by atoms with Crippen LogP contribution in [0, 0.1) is 10.1 Å². The third-order valence-electron chi connectivity index (χ3n) is 4.82. The minimum absolute atomic E-state index is 0.0566. The smallest absolute Gasteiger partial charge is 0.273 e. The van der Waals surface area contributed by atoms with Crippen LogP contribution in [-0.2, 0) is 4.79 Å². The summed E-state index contributed by atoms with van der Waals surface area (Å²) < 4.78 is 6.65. The highest BCUT2D eigenvalue weighted by molar-refractivity contribution is 7.18. The molecule has 2 aromatic carbocycles. The van der Waals surface area contributed by atoms with Crippen LogP contribution in [0.2, 0.25) is 0 Å². The number of thiazole rings is 1. The maximum Gasteiger partial charge on any atom is 0.273 e. The van der Waals surface area contributed by atoms with Crippen molar-refractivity contribution in [3.63, 3.8) is 0 Å². The van der Waals surface area contributed by atoms with E-state index in [-0.39, 0.29) is 24.1 Å². The SMILES string of the molecule is O=C(COc1cccc([N+](=O)[O-])c1)N1CCC[C@H](c2nc3ccccc3s2)C1. The number of non-ortho nitro benzene ring substituents is 1. The monoisotopic (exact) mass is 397 g/mol. The first kappa shape index (κ1) is 18.4. The molecule has 4 rings (SSSR count). The summed E-state index contributed by atoms with van der Waals surface area (Å²) in [7, 11) is 0. The lowest BCUT2D eigenvalue weighted by Gasteiger charge is -2.31. The van der Waals surface area contributed by atoms with E-state index in [9.17, 15) is 14.9 Å². The Morgan fingerprint density at radius 2 is 2.14 bits per heavy atom. The number of carbonyl (C=O) groups is 1. The second-order valence-electron chi connectivity index (χ2n) is 6.74. The average Bonchev–Trinajstić information content (AvgIpc) is 3.16. The van der Waals surface area contributed by atoms with Gasteiger partial charge < -0.3 is 9.64 Å². The molecule has 0 N–H and O–H groups in total. The summed E-state index contributed by atoms with van der Waals surface area (Å²) in [6.45, 7) is 1.18. The molecule has 3 aromatic rings. The standard InChI is InChI=1S/C20H19N3O4S/c24-19(13-27-16-7-3-6-15(11-16)23(25)26)22-10-4-5-14(12-22)20-21-17-8-1-2-9-18(17)28-20/h1-3,6-9,11,14H,4-5,10,12-13H2/t14-/m0/s1. The second-order valence-corrected chi connectivity index (χ2v) is 7.80. The molecule has 0 spiro atoms. The van der Waals surface area contributed by atoms with Crippen LogP contribution in [0.1, 0.15) is 23.8 Å². The molecule has 0 saturated carbocycles. The van der Waals surface area contributed by atoms with Crippen molar-refractivity contribution in [1.29, 1.82) is 0 Å². The Kier molecular flexibility index (Phi) is 5.21. The summed E-state index contributed by atoms with van der Waals surface area (Å²) in [5.74, 6) is 0.438. The van der Waals surface area contributed by atoms with E-state index in [0.717, 1.165) is 28.1 Å². The van der Waals surface area contributed by atoms with E-state index in [2.05, 4.69) is 6.07 Å². The number of para-hydroxylation sites is 1. The Balaban J connectivity index is 1.39. The first-order valence-electron chi connectivity index (χ1n) is 9.10. The van der Waals surface area contributed by atoms with E-state index in [4.69, 9.17) is 9.72 Å². The van der Waals surface area contributed by atoms with Crippen LogP contribution in [0.4, 0.5) is 5.69 Å². The van der Waals surface area contributed by atoms with Crippen LogP contribution in [-0.4, -0.2) is 40.4 Å². The van der Waals surface area contributed by atoms with Gasteiger partial charge in [-0.05, 0) is 31.0 Å². The maximum atomic E-state index is 12.6. The van der Waals surface area contributed by atoms with Gasteiger partial charge in [-0.1, -0.05) is 18.2 Å². The third kappa shape index (κ3) is 3.96. The number of nitro groups is 1. The van der Waals surface area contributed by atoms with Gasteiger partial charge in [0.15, 0.2) is 6.61 Å². The summed E-state index contributed by atoms with van der Waals surface area (Å²) in [5.41, 5.74) is 0.943. The highest BCUT2D eigenvalue weighted by Crippen LogP contribution is 2.33. The fourth-order valence-corrected chi connectivity index (χ4v) is 4.49. The molecular weight excluding hydrogens is 378 g/mol. The van der Waals surface area contributed by atoms with E-state index in [1.165, 1.54) is 12.1 Å². The molecule has 144 valence electrons. The zero-order valence-corrected chi connectivity index (χ0v) is 15.9. The van der Waals surface area contributed by atoms with Crippen LogP contribution in [0.3, 0.4) is 0 Å². The molecule has 1 aliphatic heterocycles. The van der Waals surface area contributed by atoms with Crippen LogP contribution < -0.4 is 4.74 Å². The topological polar surface area (TPSA) is 85.6 Å². The van der Waals surface area contributed by atoms with Gasteiger partial charge in [-0.3, -0.25) is 14.9 Å². The molecule has 0 aliphatic carbocycles. The highest BCUT2D eigenvalue weighted by Gasteiger charge is 2.27. The number of hydrogen-bond acceptors (Lipinski definition) is 6. The van der Waals surface area contributed by atoms with Gasteiger partial charge in [-0.25, -0.2) is 4.98 Å². The number of nitrogens with zero attached hydrogens (tertiary/aromatic N) is 3. The molecule has 7 nitrogen and oxygen atoms in total. The fourth-order valence-electron chi connectivity index (χ4n) is 3.39. The second kappa shape index (κ2) is 7.93. The number of rotatable bonds is 5. The van der Waals surface area contributed by atoms with Crippen LogP contribution in [0.5, 0.6) is 5.75 Å². The number of carbonyl (C=O) groups excluding carboxylic acids is 1. The Morgan fingerprint density at radius 1 is 1.29 bits per heavy atom. The van der Waals surface area contributed by atoms with Gasteiger partial charge in [-0.2, -0.15) is 0 Å². The predicted molar refractivity (Wildman–Crippen MR) is 107 cm³/mol. The van der Waals surface area contributed by atoms with Crippen molar-refractivity contribution in [1.82, 2.24) is 9.88 Å². The van der Waals surface area contributed by atoms with Gasteiger partial charge in [0.05, 0.1) is 26.2 Å². The number of fused-ring (bicyclic) bond motifs is 1. The number of amides is 1. The van der Waals surface area contributed by atoms with Gasteiger partial charge in [0.2, 0.25) is 0 Å². The molecule has 2 heterocycles. The molecule has 1 atom stereocenters. The molecule has 8 heteroatoms. The number of likely N-dealkylation sites (tertiary alicyclic amines) is 1. The largest absolute Gasteiger partial charge is 0.484 e. The lowest BCUT2D eigenvalue weighted by atomic mass is 9.99. The van der Waals surface area contributed by atoms with Crippen LogP contribution in [0.25, 0.3) is 10.2 Å². The molecule has 0 bridgehead atoms. The van der Waals surface area contributed by atoms with Crippen molar-refractivity contribution in [2.45, 2.75) is 18.8 Å². The maximum absolute atomic E-state index is 12.6. The quantitative estimate of drug-likeness (QED) is 0.480. The number of ether oxygens (including phenoxy) is 1. The van der Waals surface area contributed by atoms with E-state index in [0.29, 0.717) is 18.8 Å². The average molecular weight is 397 g/mol. The van der Waals surface area contributed by atoms with E-state index < -0.39 is 4.92 Å². The molecule has 28 heavy (non-hydrogen) atoms. The molecule has 1 aliphatic rings.